The van der Waals surface area contributed by atoms with Crippen molar-refractivity contribution >= 4 is 17.7 Å². The Balaban J connectivity index is 1.98. The van der Waals surface area contributed by atoms with Gasteiger partial charge in [0, 0.05) is 31.3 Å². The number of aromatic amines is 1. The molecule has 1 heterocycles. The molecule has 1 aromatic carbocycles. The summed E-state index contributed by atoms with van der Waals surface area (Å²) in [6.45, 7) is 2.38. The van der Waals surface area contributed by atoms with Crippen LogP contribution in [0.25, 0.3) is 0 Å². The second-order valence-electron chi connectivity index (χ2n) is 5.37. The Labute approximate surface area is 140 Å². The van der Waals surface area contributed by atoms with Gasteiger partial charge in [-0.05, 0) is 25.2 Å². The molecule has 0 fully saturated rings. The van der Waals surface area contributed by atoms with Gasteiger partial charge < -0.3 is 9.88 Å². The van der Waals surface area contributed by atoms with Crippen molar-refractivity contribution < 1.29 is 4.79 Å². The normalized spacial score (nSPS) is 10.6. The zero-order valence-corrected chi connectivity index (χ0v) is 14.4. The lowest BCUT2D eigenvalue weighted by molar-refractivity contribution is -0.130. The largest absolute Gasteiger partial charge is 0.341 e. The molecule has 5 nitrogen and oxygen atoms in total. The highest BCUT2D eigenvalue weighted by atomic mass is 32.2. The Hall–Kier alpha value is -2.08. The molecule has 2 aromatic rings. The molecule has 1 N–H and O–H groups in total. The Bertz CT molecular complexity index is 728. The molecule has 0 aliphatic carbocycles. The number of aryl methyl sites for hydroxylation is 1. The van der Waals surface area contributed by atoms with E-state index in [0.29, 0.717) is 35.8 Å². The monoisotopic (exact) mass is 331 g/mol. The summed E-state index contributed by atoms with van der Waals surface area (Å²) in [4.78, 5) is 33.1. The van der Waals surface area contributed by atoms with E-state index in [1.807, 2.05) is 43.5 Å². The second kappa shape index (κ2) is 7.97. The molecule has 0 unspecified atom stereocenters. The molecule has 0 spiro atoms. The van der Waals surface area contributed by atoms with E-state index in [0.717, 1.165) is 5.56 Å². The third-order valence-electron chi connectivity index (χ3n) is 3.67. The Kier molecular flexibility index (Phi) is 5.98. The van der Waals surface area contributed by atoms with Gasteiger partial charge in [-0.2, -0.15) is 0 Å². The summed E-state index contributed by atoms with van der Waals surface area (Å²) in [5, 5.41) is 0.601. The van der Waals surface area contributed by atoms with Crippen LogP contribution in [0.2, 0.25) is 0 Å². The number of carbonyl (C=O) groups is 1. The molecular weight excluding hydrogens is 310 g/mol. The number of aromatic nitrogens is 2. The minimum Gasteiger partial charge on any atom is -0.341 e. The molecule has 0 atom stereocenters. The first-order valence-electron chi connectivity index (χ1n) is 7.43. The molecule has 1 amide bonds. The highest BCUT2D eigenvalue weighted by molar-refractivity contribution is 7.98. The number of nitrogens with one attached hydrogen (secondary N) is 1. The average molecular weight is 331 g/mol. The van der Waals surface area contributed by atoms with Crippen LogP contribution < -0.4 is 5.56 Å². The van der Waals surface area contributed by atoms with Gasteiger partial charge in [0.1, 0.15) is 0 Å². The zero-order valence-electron chi connectivity index (χ0n) is 13.6. The fourth-order valence-corrected chi connectivity index (χ4v) is 2.77. The van der Waals surface area contributed by atoms with Gasteiger partial charge in [0.15, 0.2) is 5.16 Å². The molecule has 2 rings (SSSR count). The van der Waals surface area contributed by atoms with Crippen molar-refractivity contribution in [2.45, 2.75) is 31.5 Å². The number of nitrogens with zero attached hydrogens (tertiary/aromatic N) is 2. The number of carbonyl (C=O) groups excluding carboxylic acids is 1. The van der Waals surface area contributed by atoms with Crippen molar-refractivity contribution in [3.63, 3.8) is 0 Å². The van der Waals surface area contributed by atoms with E-state index in [-0.39, 0.29) is 11.5 Å². The molecule has 122 valence electrons. The van der Waals surface area contributed by atoms with Gasteiger partial charge in [0.2, 0.25) is 5.91 Å². The molecule has 6 heteroatoms. The molecule has 0 saturated carbocycles. The SMILES string of the molecule is CSc1nc(C)c(CCC(=O)N(C)Cc2ccccc2)c(=O)[nH]1. The van der Waals surface area contributed by atoms with Crippen LogP contribution in [0.15, 0.2) is 40.3 Å². The molecule has 0 saturated heterocycles. The van der Waals surface area contributed by atoms with E-state index < -0.39 is 0 Å². The van der Waals surface area contributed by atoms with Crippen LogP contribution in [0.3, 0.4) is 0 Å². The van der Waals surface area contributed by atoms with Crippen molar-refractivity contribution in [2.75, 3.05) is 13.3 Å². The minimum absolute atomic E-state index is 0.0154. The molecule has 0 bridgehead atoms. The maximum atomic E-state index is 12.3. The lowest BCUT2D eigenvalue weighted by Gasteiger charge is -2.17. The van der Waals surface area contributed by atoms with Crippen LogP contribution in [-0.2, 0) is 17.8 Å². The number of hydrogen-bond donors (Lipinski definition) is 1. The lowest BCUT2D eigenvalue weighted by Crippen LogP contribution is -2.27. The summed E-state index contributed by atoms with van der Waals surface area (Å²) in [5.74, 6) is 0.0154. The predicted octanol–water partition coefficient (Wildman–Crippen LogP) is 2.39. The number of H-pyrrole nitrogens is 1. The van der Waals surface area contributed by atoms with Gasteiger partial charge in [0.25, 0.3) is 5.56 Å². The van der Waals surface area contributed by atoms with Crippen molar-refractivity contribution in [3.8, 4) is 0 Å². The lowest BCUT2D eigenvalue weighted by atomic mass is 10.1. The number of benzene rings is 1. The van der Waals surface area contributed by atoms with Gasteiger partial charge in [-0.1, -0.05) is 42.1 Å². The third kappa shape index (κ3) is 4.69. The van der Waals surface area contributed by atoms with Crippen molar-refractivity contribution in [1.82, 2.24) is 14.9 Å². The predicted molar refractivity (Wildman–Crippen MR) is 92.6 cm³/mol. The Morgan fingerprint density at radius 3 is 2.61 bits per heavy atom. The van der Waals surface area contributed by atoms with Crippen molar-refractivity contribution in [1.29, 1.82) is 0 Å². The third-order valence-corrected chi connectivity index (χ3v) is 4.25. The van der Waals surface area contributed by atoms with Gasteiger partial charge >= 0.3 is 0 Å². The number of thioether (sulfide) groups is 1. The molecule has 0 aliphatic rings. The summed E-state index contributed by atoms with van der Waals surface area (Å²) in [6.07, 6.45) is 2.56. The van der Waals surface area contributed by atoms with Crippen LogP contribution >= 0.6 is 11.8 Å². The van der Waals surface area contributed by atoms with Crippen molar-refractivity contribution in [3.05, 3.63) is 57.5 Å². The van der Waals surface area contributed by atoms with E-state index in [4.69, 9.17) is 0 Å². The molecule has 0 radical (unpaired) electrons. The molecule has 0 aliphatic heterocycles. The van der Waals surface area contributed by atoms with Gasteiger partial charge in [-0.25, -0.2) is 4.98 Å². The zero-order chi connectivity index (χ0) is 16.8. The van der Waals surface area contributed by atoms with E-state index in [1.54, 1.807) is 11.9 Å². The summed E-state index contributed by atoms with van der Waals surface area (Å²) in [5.41, 5.74) is 2.21. The standard InChI is InChI=1S/C17H21N3O2S/c1-12-14(16(22)19-17(18-12)23-3)9-10-15(21)20(2)11-13-7-5-4-6-8-13/h4-8H,9-11H2,1-3H3,(H,18,19,22). The van der Waals surface area contributed by atoms with Crippen LogP contribution in [0.4, 0.5) is 0 Å². The van der Waals surface area contributed by atoms with Crippen LogP contribution in [0, 0.1) is 6.92 Å². The summed E-state index contributed by atoms with van der Waals surface area (Å²) >= 11 is 1.39. The van der Waals surface area contributed by atoms with E-state index in [1.165, 1.54) is 11.8 Å². The highest BCUT2D eigenvalue weighted by Gasteiger charge is 2.13. The van der Waals surface area contributed by atoms with Crippen LogP contribution in [0.5, 0.6) is 0 Å². The summed E-state index contributed by atoms with van der Waals surface area (Å²) in [6, 6.07) is 9.84. The molecular formula is C17H21N3O2S. The first-order valence-corrected chi connectivity index (χ1v) is 8.65. The van der Waals surface area contributed by atoms with Crippen LogP contribution in [-0.4, -0.2) is 34.1 Å². The smallest absolute Gasteiger partial charge is 0.254 e. The van der Waals surface area contributed by atoms with Gasteiger partial charge in [0.05, 0.1) is 0 Å². The molecule has 23 heavy (non-hydrogen) atoms. The van der Waals surface area contributed by atoms with Gasteiger partial charge in [-0.15, -0.1) is 0 Å². The minimum atomic E-state index is -0.152. The second-order valence-corrected chi connectivity index (χ2v) is 6.17. The Morgan fingerprint density at radius 2 is 2.00 bits per heavy atom. The van der Waals surface area contributed by atoms with Gasteiger partial charge in [-0.3, -0.25) is 9.59 Å². The first-order chi connectivity index (χ1) is 11.0. The van der Waals surface area contributed by atoms with E-state index >= 15 is 0 Å². The summed E-state index contributed by atoms with van der Waals surface area (Å²) in [7, 11) is 1.78. The van der Waals surface area contributed by atoms with Crippen LogP contribution in [0.1, 0.15) is 23.2 Å². The number of amides is 1. The maximum absolute atomic E-state index is 12.3. The number of rotatable bonds is 6. The maximum Gasteiger partial charge on any atom is 0.254 e. The molecule has 1 aromatic heterocycles. The summed E-state index contributed by atoms with van der Waals surface area (Å²) < 4.78 is 0. The van der Waals surface area contributed by atoms with E-state index in [2.05, 4.69) is 9.97 Å². The Morgan fingerprint density at radius 1 is 1.30 bits per heavy atom. The first kappa shape index (κ1) is 17.3. The quantitative estimate of drug-likeness (QED) is 0.652. The topological polar surface area (TPSA) is 66.1 Å². The fourth-order valence-electron chi connectivity index (χ4n) is 2.34. The van der Waals surface area contributed by atoms with E-state index in [9.17, 15) is 9.59 Å². The average Bonchev–Trinajstić information content (AvgIpc) is 2.54. The van der Waals surface area contributed by atoms with Crippen molar-refractivity contribution in [2.24, 2.45) is 0 Å². The highest BCUT2D eigenvalue weighted by Crippen LogP contribution is 2.11. The fraction of sp³-hybridized carbons (Fsp3) is 0.353. The number of hydrogen-bond acceptors (Lipinski definition) is 4.